The van der Waals surface area contributed by atoms with Crippen LogP contribution in [0, 0.1) is 0 Å². The number of nitrogens with zero attached hydrogens (tertiary/aromatic N) is 4. The summed E-state index contributed by atoms with van der Waals surface area (Å²) in [4.78, 5) is 3.33. The molecule has 9 heteroatoms. The molecule has 2 aromatic heterocycles. The third-order valence-electron chi connectivity index (χ3n) is 2.88. The highest BCUT2D eigenvalue weighted by molar-refractivity contribution is 5.54. The maximum Gasteiger partial charge on any atom is 0.471 e. The molecule has 0 atom stereocenters. The van der Waals surface area contributed by atoms with Gasteiger partial charge in [0.15, 0.2) is 0 Å². The first-order chi connectivity index (χ1) is 10.4. The topological polar surface area (TPSA) is 82.8 Å². The average Bonchev–Trinajstić information content (AvgIpc) is 3.08. The molecule has 0 bridgehead atoms. The van der Waals surface area contributed by atoms with Gasteiger partial charge < -0.3 is 10.3 Å². The molecular formula is C13H10F3N5O. The van der Waals surface area contributed by atoms with Crippen molar-refractivity contribution in [3.05, 3.63) is 48.1 Å². The molecule has 6 nitrogen and oxygen atoms in total. The minimum atomic E-state index is -4.65. The van der Waals surface area contributed by atoms with E-state index in [1.807, 2.05) is 0 Å². The first-order valence-corrected chi connectivity index (χ1v) is 6.20. The van der Waals surface area contributed by atoms with Crippen molar-refractivity contribution < 1.29 is 17.7 Å². The number of nitrogen functional groups attached to an aromatic ring is 1. The van der Waals surface area contributed by atoms with Gasteiger partial charge in [0.2, 0.25) is 5.82 Å². The van der Waals surface area contributed by atoms with Gasteiger partial charge in [-0.25, -0.2) is 0 Å². The van der Waals surface area contributed by atoms with Gasteiger partial charge in [-0.1, -0.05) is 29.4 Å². The maximum absolute atomic E-state index is 12.4. The molecule has 114 valence electrons. The van der Waals surface area contributed by atoms with Crippen LogP contribution in [-0.4, -0.2) is 19.9 Å². The summed E-state index contributed by atoms with van der Waals surface area (Å²) in [5, 5.41) is 7.38. The lowest BCUT2D eigenvalue weighted by molar-refractivity contribution is -0.159. The SMILES string of the molecule is Nc1cnn(Cc2ccc(-c3noc(C(F)(F)F)n3)cc2)c1. The molecule has 2 heterocycles. The molecule has 0 aliphatic carbocycles. The van der Waals surface area contributed by atoms with Crippen molar-refractivity contribution in [1.82, 2.24) is 19.9 Å². The molecule has 0 spiro atoms. The van der Waals surface area contributed by atoms with E-state index in [4.69, 9.17) is 5.73 Å². The number of hydrogen-bond donors (Lipinski definition) is 1. The summed E-state index contributed by atoms with van der Waals surface area (Å²) in [6.07, 6.45) is -1.43. The van der Waals surface area contributed by atoms with E-state index in [0.29, 0.717) is 17.8 Å². The van der Waals surface area contributed by atoms with E-state index >= 15 is 0 Å². The summed E-state index contributed by atoms with van der Waals surface area (Å²) >= 11 is 0. The summed E-state index contributed by atoms with van der Waals surface area (Å²) in [6.45, 7) is 0.498. The smallest absolute Gasteiger partial charge is 0.396 e. The highest BCUT2D eigenvalue weighted by Gasteiger charge is 2.38. The Morgan fingerprint density at radius 2 is 1.91 bits per heavy atom. The molecular weight excluding hydrogens is 299 g/mol. The summed E-state index contributed by atoms with van der Waals surface area (Å²) < 4.78 is 43.1. The summed E-state index contributed by atoms with van der Waals surface area (Å²) in [7, 11) is 0. The van der Waals surface area contributed by atoms with Crippen LogP contribution in [0.25, 0.3) is 11.4 Å². The highest BCUT2D eigenvalue weighted by atomic mass is 19.4. The van der Waals surface area contributed by atoms with E-state index in [9.17, 15) is 13.2 Å². The largest absolute Gasteiger partial charge is 0.471 e. The first-order valence-electron chi connectivity index (χ1n) is 6.20. The van der Waals surface area contributed by atoms with Crippen LogP contribution in [0.4, 0.5) is 18.9 Å². The van der Waals surface area contributed by atoms with E-state index in [2.05, 4.69) is 19.8 Å². The number of alkyl halides is 3. The van der Waals surface area contributed by atoms with Crippen LogP contribution in [-0.2, 0) is 12.7 Å². The highest BCUT2D eigenvalue weighted by Crippen LogP contribution is 2.29. The lowest BCUT2D eigenvalue weighted by atomic mass is 10.1. The van der Waals surface area contributed by atoms with Crippen molar-refractivity contribution >= 4 is 5.69 Å². The Balaban J connectivity index is 1.78. The number of benzene rings is 1. The molecule has 3 rings (SSSR count). The zero-order chi connectivity index (χ0) is 15.7. The first kappa shape index (κ1) is 14.1. The Hall–Kier alpha value is -2.84. The second kappa shape index (κ2) is 5.17. The third kappa shape index (κ3) is 2.92. The number of nitrogens with two attached hydrogens (primary N) is 1. The zero-order valence-corrected chi connectivity index (χ0v) is 11.1. The van der Waals surface area contributed by atoms with Crippen LogP contribution in [0.2, 0.25) is 0 Å². The predicted octanol–water partition coefficient (Wildman–Crippen LogP) is 2.58. The van der Waals surface area contributed by atoms with E-state index in [1.54, 1.807) is 35.1 Å². The van der Waals surface area contributed by atoms with E-state index < -0.39 is 12.1 Å². The Bertz CT molecular complexity index is 776. The van der Waals surface area contributed by atoms with Crippen LogP contribution >= 0.6 is 0 Å². The fraction of sp³-hybridized carbons (Fsp3) is 0.154. The minimum absolute atomic E-state index is 0.109. The second-order valence-corrected chi connectivity index (χ2v) is 4.59. The van der Waals surface area contributed by atoms with E-state index in [0.717, 1.165) is 5.56 Å². The summed E-state index contributed by atoms with van der Waals surface area (Å²) in [6, 6.07) is 6.73. The van der Waals surface area contributed by atoms with Crippen molar-refractivity contribution in [2.75, 3.05) is 5.73 Å². The average molecular weight is 309 g/mol. The quantitative estimate of drug-likeness (QED) is 0.804. The third-order valence-corrected chi connectivity index (χ3v) is 2.88. The molecule has 0 radical (unpaired) electrons. The number of halogens is 3. The minimum Gasteiger partial charge on any atom is -0.396 e. The molecule has 0 saturated carbocycles. The van der Waals surface area contributed by atoms with Crippen LogP contribution in [0.5, 0.6) is 0 Å². The van der Waals surface area contributed by atoms with Gasteiger partial charge in [0.05, 0.1) is 18.4 Å². The van der Waals surface area contributed by atoms with Crippen LogP contribution in [0.1, 0.15) is 11.5 Å². The Kier molecular flexibility index (Phi) is 3.32. The monoisotopic (exact) mass is 309 g/mol. The van der Waals surface area contributed by atoms with Gasteiger partial charge in [0.25, 0.3) is 0 Å². The molecule has 0 unspecified atom stereocenters. The molecule has 0 saturated heterocycles. The number of hydrogen-bond acceptors (Lipinski definition) is 5. The lowest BCUT2D eigenvalue weighted by Gasteiger charge is -2.02. The molecule has 1 aromatic carbocycles. The van der Waals surface area contributed by atoms with Crippen molar-refractivity contribution in [2.24, 2.45) is 0 Å². The Labute approximate surface area is 122 Å². The number of anilines is 1. The van der Waals surface area contributed by atoms with Gasteiger partial charge in [-0.2, -0.15) is 23.3 Å². The fourth-order valence-electron chi connectivity index (χ4n) is 1.87. The normalized spacial score (nSPS) is 11.8. The molecule has 0 aliphatic rings. The van der Waals surface area contributed by atoms with E-state index in [1.165, 1.54) is 6.20 Å². The van der Waals surface area contributed by atoms with Gasteiger partial charge in [-0.15, -0.1) is 0 Å². The molecule has 0 fully saturated rings. The molecule has 0 aliphatic heterocycles. The summed E-state index contributed by atoms with van der Waals surface area (Å²) in [5.74, 6) is -1.47. The van der Waals surface area contributed by atoms with Crippen molar-refractivity contribution in [3.63, 3.8) is 0 Å². The second-order valence-electron chi connectivity index (χ2n) is 4.59. The van der Waals surface area contributed by atoms with Gasteiger partial charge in [0.1, 0.15) is 0 Å². The molecule has 3 aromatic rings. The lowest BCUT2D eigenvalue weighted by Crippen LogP contribution is -2.04. The Morgan fingerprint density at radius 3 is 2.45 bits per heavy atom. The van der Waals surface area contributed by atoms with Gasteiger partial charge in [0, 0.05) is 11.8 Å². The van der Waals surface area contributed by atoms with Crippen molar-refractivity contribution in [1.29, 1.82) is 0 Å². The summed E-state index contributed by atoms with van der Waals surface area (Å²) in [5.41, 5.74) is 7.47. The standard InChI is InChI=1S/C13H10F3N5O/c14-13(15,16)12-19-11(20-22-12)9-3-1-8(2-4-9)6-21-7-10(17)5-18-21/h1-5,7H,6,17H2. The van der Waals surface area contributed by atoms with Gasteiger partial charge in [-0.3, -0.25) is 4.68 Å². The molecule has 2 N–H and O–H groups in total. The van der Waals surface area contributed by atoms with Gasteiger partial charge in [-0.05, 0) is 5.56 Å². The van der Waals surface area contributed by atoms with Gasteiger partial charge >= 0.3 is 12.1 Å². The predicted molar refractivity (Wildman–Crippen MR) is 70.5 cm³/mol. The van der Waals surface area contributed by atoms with Crippen molar-refractivity contribution in [3.8, 4) is 11.4 Å². The van der Waals surface area contributed by atoms with E-state index in [-0.39, 0.29) is 5.82 Å². The van der Waals surface area contributed by atoms with Crippen LogP contribution in [0.15, 0.2) is 41.2 Å². The molecule has 0 amide bonds. The fourth-order valence-corrected chi connectivity index (χ4v) is 1.87. The van der Waals surface area contributed by atoms with Crippen LogP contribution in [0.3, 0.4) is 0 Å². The number of aromatic nitrogens is 4. The maximum atomic E-state index is 12.4. The zero-order valence-electron chi connectivity index (χ0n) is 11.1. The Morgan fingerprint density at radius 1 is 1.18 bits per heavy atom. The molecule has 22 heavy (non-hydrogen) atoms. The van der Waals surface area contributed by atoms with Crippen LogP contribution < -0.4 is 5.73 Å². The van der Waals surface area contributed by atoms with Crippen molar-refractivity contribution in [2.45, 2.75) is 12.7 Å². The number of rotatable bonds is 3.